The summed E-state index contributed by atoms with van der Waals surface area (Å²) in [6.45, 7) is 7.58. The first-order valence-electron chi connectivity index (χ1n) is 9.92. The minimum absolute atomic E-state index is 0.0844. The fourth-order valence-corrected chi connectivity index (χ4v) is 3.12. The van der Waals surface area contributed by atoms with Crippen molar-refractivity contribution in [2.24, 2.45) is 12.0 Å². The number of aryl methyl sites for hydroxylation is 2. The van der Waals surface area contributed by atoms with Crippen molar-refractivity contribution in [2.75, 3.05) is 13.2 Å². The van der Waals surface area contributed by atoms with Gasteiger partial charge in [0.2, 0.25) is 0 Å². The highest BCUT2D eigenvalue weighted by Gasteiger charge is 2.28. The van der Waals surface area contributed by atoms with Crippen molar-refractivity contribution in [1.82, 2.24) is 20.4 Å². The number of ether oxygens (including phenoxy) is 1. The van der Waals surface area contributed by atoms with E-state index in [1.165, 1.54) is 11.6 Å². The number of nitrogens with zero attached hydrogens (tertiary/aromatic N) is 3. The molecule has 0 radical (unpaired) electrons. The summed E-state index contributed by atoms with van der Waals surface area (Å²) in [5.41, 5.74) is 3.91. The van der Waals surface area contributed by atoms with Crippen LogP contribution in [0.4, 0.5) is 13.2 Å². The van der Waals surface area contributed by atoms with Crippen LogP contribution in [0.3, 0.4) is 0 Å². The third kappa shape index (κ3) is 6.96. The number of aromatic nitrogens is 2. The minimum atomic E-state index is -4.38. The van der Waals surface area contributed by atoms with E-state index < -0.39 is 12.8 Å². The van der Waals surface area contributed by atoms with Gasteiger partial charge < -0.3 is 15.4 Å². The van der Waals surface area contributed by atoms with Crippen molar-refractivity contribution in [3.05, 3.63) is 46.8 Å². The Labute approximate surface area is 175 Å². The molecule has 2 N–H and O–H groups in total. The molecule has 0 fully saturated rings. The van der Waals surface area contributed by atoms with Crippen LogP contribution in [-0.2, 0) is 20.0 Å². The van der Waals surface area contributed by atoms with E-state index in [9.17, 15) is 13.2 Å². The molecule has 0 aliphatic carbocycles. The third-order valence-electron chi connectivity index (χ3n) is 4.67. The Morgan fingerprint density at radius 3 is 2.57 bits per heavy atom. The Balaban J connectivity index is 2.07. The van der Waals surface area contributed by atoms with Crippen molar-refractivity contribution in [1.29, 1.82) is 0 Å². The summed E-state index contributed by atoms with van der Waals surface area (Å²) >= 11 is 0. The summed E-state index contributed by atoms with van der Waals surface area (Å²) in [6, 6.07) is 6.71. The zero-order valence-electron chi connectivity index (χ0n) is 18.1. The number of para-hydroxylation sites is 1. The Morgan fingerprint density at radius 2 is 1.97 bits per heavy atom. The van der Waals surface area contributed by atoms with E-state index in [4.69, 9.17) is 4.74 Å². The number of hydrogen-bond donors (Lipinski definition) is 2. The lowest BCUT2D eigenvalue weighted by Gasteiger charge is -2.18. The Hall–Kier alpha value is -2.71. The standard InChI is InChI=1S/C21H30F3N5O/c1-6-25-20(27-14(2)11-18-15(3)28-29(5)16(18)4)26-12-17-9-7-8-10-19(17)30-13-21(22,23)24/h7-10,14H,6,11-13H2,1-5H3,(H2,25,26,27). The lowest BCUT2D eigenvalue weighted by Crippen LogP contribution is -2.43. The number of benzene rings is 1. The second-order valence-electron chi connectivity index (χ2n) is 7.23. The highest BCUT2D eigenvalue weighted by Crippen LogP contribution is 2.22. The minimum Gasteiger partial charge on any atom is -0.484 e. The number of alkyl halides is 3. The van der Waals surface area contributed by atoms with Crippen molar-refractivity contribution < 1.29 is 17.9 Å². The zero-order chi connectivity index (χ0) is 22.3. The van der Waals surface area contributed by atoms with Crippen LogP contribution in [0.2, 0.25) is 0 Å². The number of halogens is 3. The Kier molecular flexibility index (Phi) is 8.14. The fraction of sp³-hybridized carbons (Fsp3) is 0.524. The van der Waals surface area contributed by atoms with Gasteiger partial charge in [0.15, 0.2) is 12.6 Å². The van der Waals surface area contributed by atoms with E-state index >= 15 is 0 Å². The molecule has 0 bridgehead atoms. The number of rotatable bonds is 8. The third-order valence-corrected chi connectivity index (χ3v) is 4.67. The van der Waals surface area contributed by atoms with Crippen molar-refractivity contribution >= 4 is 5.96 Å². The summed E-state index contributed by atoms with van der Waals surface area (Å²) in [5, 5.41) is 11.0. The lowest BCUT2D eigenvalue weighted by molar-refractivity contribution is -0.153. The van der Waals surface area contributed by atoms with Crippen LogP contribution in [-0.4, -0.2) is 41.1 Å². The topological polar surface area (TPSA) is 63.5 Å². The molecule has 1 heterocycles. The van der Waals surface area contributed by atoms with Crippen LogP contribution in [0.15, 0.2) is 29.3 Å². The number of hydrogen-bond acceptors (Lipinski definition) is 3. The van der Waals surface area contributed by atoms with Crippen LogP contribution in [0.25, 0.3) is 0 Å². The van der Waals surface area contributed by atoms with E-state index in [0.29, 0.717) is 18.1 Å². The molecular formula is C21H30F3N5O. The molecule has 1 atom stereocenters. The van der Waals surface area contributed by atoms with Crippen LogP contribution >= 0.6 is 0 Å². The van der Waals surface area contributed by atoms with E-state index in [0.717, 1.165) is 17.8 Å². The summed E-state index contributed by atoms with van der Waals surface area (Å²) in [4.78, 5) is 4.53. The maximum absolute atomic E-state index is 12.5. The SMILES string of the molecule is CCNC(=NCc1ccccc1OCC(F)(F)F)NC(C)Cc1c(C)nn(C)c1C. The van der Waals surface area contributed by atoms with Crippen molar-refractivity contribution in [2.45, 2.75) is 52.9 Å². The summed E-state index contributed by atoms with van der Waals surface area (Å²) < 4.78 is 44.3. The predicted octanol–water partition coefficient (Wildman–Crippen LogP) is 3.66. The van der Waals surface area contributed by atoms with Gasteiger partial charge in [0.05, 0.1) is 12.2 Å². The van der Waals surface area contributed by atoms with Gasteiger partial charge in [-0.2, -0.15) is 18.3 Å². The smallest absolute Gasteiger partial charge is 0.422 e. The highest BCUT2D eigenvalue weighted by molar-refractivity contribution is 5.80. The maximum atomic E-state index is 12.5. The highest BCUT2D eigenvalue weighted by atomic mass is 19.4. The van der Waals surface area contributed by atoms with Gasteiger partial charge in [-0.05, 0) is 45.7 Å². The largest absolute Gasteiger partial charge is 0.484 e. The second kappa shape index (κ2) is 10.4. The van der Waals surface area contributed by atoms with Gasteiger partial charge >= 0.3 is 6.18 Å². The molecular weight excluding hydrogens is 395 g/mol. The summed E-state index contributed by atoms with van der Waals surface area (Å²) in [5.74, 6) is 0.777. The van der Waals surface area contributed by atoms with Gasteiger partial charge in [-0.15, -0.1) is 0 Å². The van der Waals surface area contributed by atoms with E-state index in [-0.39, 0.29) is 18.3 Å². The molecule has 0 aliphatic rings. The second-order valence-corrected chi connectivity index (χ2v) is 7.23. The quantitative estimate of drug-likeness (QED) is 0.501. The van der Waals surface area contributed by atoms with Crippen molar-refractivity contribution in [3.63, 3.8) is 0 Å². The monoisotopic (exact) mass is 425 g/mol. The molecule has 1 aromatic heterocycles. The normalized spacial score (nSPS) is 13.3. The fourth-order valence-electron chi connectivity index (χ4n) is 3.12. The van der Waals surface area contributed by atoms with Crippen LogP contribution in [0.5, 0.6) is 5.75 Å². The molecule has 1 unspecified atom stereocenters. The molecule has 2 rings (SSSR count). The van der Waals surface area contributed by atoms with Gasteiger partial charge in [-0.25, -0.2) is 4.99 Å². The maximum Gasteiger partial charge on any atom is 0.422 e. The zero-order valence-corrected chi connectivity index (χ0v) is 18.1. The lowest BCUT2D eigenvalue weighted by atomic mass is 10.1. The molecule has 0 amide bonds. The predicted molar refractivity (Wildman–Crippen MR) is 112 cm³/mol. The van der Waals surface area contributed by atoms with Gasteiger partial charge in [0.25, 0.3) is 0 Å². The van der Waals surface area contributed by atoms with E-state index in [1.807, 2.05) is 32.5 Å². The van der Waals surface area contributed by atoms with Gasteiger partial charge in [0.1, 0.15) is 5.75 Å². The van der Waals surface area contributed by atoms with Crippen LogP contribution in [0.1, 0.15) is 36.4 Å². The first-order valence-corrected chi connectivity index (χ1v) is 9.92. The molecule has 166 valence electrons. The number of nitrogens with one attached hydrogen (secondary N) is 2. The average Bonchev–Trinajstić information content (AvgIpc) is 2.90. The molecule has 30 heavy (non-hydrogen) atoms. The molecule has 0 saturated heterocycles. The van der Waals surface area contributed by atoms with Crippen LogP contribution in [0, 0.1) is 13.8 Å². The first-order chi connectivity index (χ1) is 14.1. The first kappa shape index (κ1) is 23.6. The molecule has 0 aliphatic heterocycles. The molecule has 0 saturated carbocycles. The van der Waals surface area contributed by atoms with Gasteiger partial charge in [-0.1, -0.05) is 18.2 Å². The van der Waals surface area contributed by atoms with Gasteiger partial charge in [0, 0.05) is 30.9 Å². The summed E-state index contributed by atoms with van der Waals surface area (Å²) in [6.07, 6.45) is -3.61. The van der Waals surface area contributed by atoms with E-state index in [1.54, 1.807) is 18.2 Å². The molecule has 6 nitrogen and oxygen atoms in total. The molecule has 0 spiro atoms. The van der Waals surface area contributed by atoms with Crippen LogP contribution < -0.4 is 15.4 Å². The van der Waals surface area contributed by atoms with E-state index in [2.05, 4.69) is 27.6 Å². The average molecular weight is 425 g/mol. The van der Waals surface area contributed by atoms with Crippen molar-refractivity contribution in [3.8, 4) is 5.75 Å². The number of guanidine groups is 1. The number of aliphatic imine (C=N–C) groups is 1. The van der Waals surface area contributed by atoms with Gasteiger partial charge in [-0.3, -0.25) is 4.68 Å². The Morgan fingerprint density at radius 1 is 1.27 bits per heavy atom. The molecule has 1 aromatic carbocycles. The molecule has 2 aromatic rings. The summed E-state index contributed by atoms with van der Waals surface area (Å²) in [7, 11) is 1.92. The Bertz CT molecular complexity index is 861. The molecule has 9 heteroatoms.